The van der Waals surface area contributed by atoms with Crippen LogP contribution in [0.1, 0.15) is 6.42 Å². The van der Waals surface area contributed by atoms with E-state index in [4.69, 9.17) is 5.11 Å². The van der Waals surface area contributed by atoms with Crippen LogP contribution in [0.5, 0.6) is 0 Å². The lowest BCUT2D eigenvalue weighted by atomic mass is 10.1. The summed E-state index contributed by atoms with van der Waals surface area (Å²) in [5.41, 5.74) is 0. The van der Waals surface area contributed by atoms with Gasteiger partial charge in [0, 0.05) is 6.54 Å². The Kier molecular flexibility index (Phi) is 2.77. The third kappa shape index (κ3) is 2.85. The van der Waals surface area contributed by atoms with E-state index in [1.54, 1.807) is 0 Å². The summed E-state index contributed by atoms with van der Waals surface area (Å²) in [5, 5.41) is 8.55. The van der Waals surface area contributed by atoms with E-state index in [0.29, 0.717) is 13.0 Å². The second-order valence-electron chi connectivity index (χ2n) is 2.91. The first-order chi connectivity index (χ1) is 5.90. The molecule has 1 amide bonds. The van der Waals surface area contributed by atoms with Crippen LogP contribution in [0.15, 0.2) is 0 Å². The molecule has 0 unspecified atom stereocenters. The molecule has 1 rings (SSSR count). The van der Waals surface area contributed by atoms with Gasteiger partial charge in [0.1, 0.15) is 0 Å². The number of carboxylic acid groups (broad SMARTS) is 1. The number of hydrogen-bond acceptors (Lipinski definition) is 4. The fraction of sp³-hybridized carbons (Fsp3) is 0.833. The van der Waals surface area contributed by atoms with Crippen LogP contribution in [0.4, 0.5) is 4.79 Å². The Labute approximate surface area is 76.2 Å². The normalized spacial score (nSPS) is 22.5. The molecule has 6 nitrogen and oxygen atoms in total. The summed E-state index contributed by atoms with van der Waals surface area (Å²) in [6, 6.07) is -0.313. The molecule has 7 heteroatoms. The Morgan fingerprint density at radius 3 is 2.62 bits per heavy atom. The van der Waals surface area contributed by atoms with Crippen LogP contribution in [-0.4, -0.2) is 50.0 Å². The van der Waals surface area contributed by atoms with Crippen LogP contribution >= 0.6 is 0 Å². The molecule has 1 saturated heterocycles. The van der Waals surface area contributed by atoms with Gasteiger partial charge in [-0.05, 0) is 6.42 Å². The third-order valence-corrected chi connectivity index (χ3v) is 2.43. The lowest BCUT2D eigenvalue weighted by Crippen LogP contribution is -2.52. The predicted molar refractivity (Wildman–Crippen MR) is 43.9 cm³/mol. The second kappa shape index (κ2) is 3.51. The summed E-state index contributed by atoms with van der Waals surface area (Å²) in [6.07, 6.45) is 0.562. The maximum absolute atomic E-state index is 10.6. The number of nitrogens with zero attached hydrogens (tertiary/aromatic N) is 1. The van der Waals surface area contributed by atoms with Crippen molar-refractivity contribution in [3.8, 4) is 0 Å². The number of likely N-dealkylation sites (tertiary alicyclic amines) is 1. The monoisotopic (exact) mass is 209 g/mol. The molecule has 0 saturated carbocycles. The number of carbonyl (C=O) groups is 1. The number of amides is 1. The van der Waals surface area contributed by atoms with Crippen LogP contribution < -0.4 is 0 Å². The zero-order valence-electron chi connectivity index (χ0n) is 7.13. The lowest BCUT2D eigenvalue weighted by molar-refractivity contribution is 0.0515. The van der Waals surface area contributed by atoms with E-state index in [1.807, 2.05) is 0 Å². The molecule has 1 N–H and O–H groups in total. The average Bonchev–Trinajstić information content (AvgIpc) is 1.79. The summed E-state index contributed by atoms with van der Waals surface area (Å²) in [4.78, 5) is 11.6. The van der Waals surface area contributed by atoms with Gasteiger partial charge < -0.3 is 10.0 Å². The Hall–Kier alpha value is -0.820. The molecule has 0 bridgehead atoms. The first-order valence-electron chi connectivity index (χ1n) is 3.74. The Morgan fingerprint density at radius 1 is 1.69 bits per heavy atom. The molecular weight excluding hydrogens is 198 g/mol. The van der Waals surface area contributed by atoms with Crippen LogP contribution in [0.25, 0.3) is 0 Å². The molecule has 0 aliphatic carbocycles. The highest BCUT2D eigenvalue weighted by Crippen LogP contribution is 2.17. The van der Waals surface area contributed by atoms with Crippen molar-refractivity contribution in [1.29, 1.82) is 0 Å². The van der Waals surface area contributed by atoms with E-state index < -0.39 is 16.2 Å². The van der Waals surface area contributed by atoms with Crippen molar-refractivity contribution in [2.24, 2.45) is 0 Å². The highest BCUT2D eigenvalue weighted by atomic mass is 32.2. The summed E-state index contributed by atoms with van der Waals surface area (Å²) < 4.78 is 25.6. The Morgan fingerprint density at radius 2 is 2.31 bits per heavy atom. The van der Waals surface area contributed by atoms with Crippen LogP contribution in [0.2, 0.25) is 0 Å². The third-order valence-electron chi connectivity index (χ3n) is 1.86. The minimum absolute atomic E-state index is 0.0782. The van der Waals surface area contributed by atoms with E-state index in [0.717, 1.165) is 11.2 Å². The topological polar surface area (TPSA) is 83.9 Å². The summed E-state index contributed by atoms with van der Waals surface area (Å²) in [5.74, 6) is 0. The van der Waals surface area contributed by atoms with Crippen molar-refractivity contribution >= 4 is 16.2 Å². The van der Waals surface area contributed by atoms with Gasteiger partial charge in [0.15, 0.2) is 0 Å². The average molecular weight is 209 g/mol. The summed E-state index contributed by atoms with van der Waals surface area (Å²) in [7, 11) is -3.46. The van der Waals surface area contributed by atoms with E-state index in [1.165, 1.54) is 0 Å². The number of rotatable bonds is 3. The molecule has 0 radical (unpaired) electrons. The van der Waals surface area contributed by atoms with E-state index >= 15 is 0 Å². The van der Waals surface area contributed by atoms with E-state index in [-0.39, 0.29) is 12.6 Å². The maximum atomic E-state index is 10.6. The molecule has 0 aromatic rings. The fourth-order valence-electron chi connectivity index (χ4n) is 1.07. The smallest absolute Gasteiger partial charge is 0.407 e. The number of hydrogen-bond donors (Lipinski definition) is 1. The highest BCUT2D eigenvalue weighted by molar-refractivity contribution is 7.85. The van der Waals surface area contributed by atoms with Gasteiger partial charge in [-0.15, -0.1) is 0 Å². The molecule has 0 spiro atoms. The van der Waals surface area contributed by atoms with Crippen LogP contribution in [-0.2, 0) is 14.3 Å². The molecule has 1 atom stereocenters. The first kappa shape index (κ1) is 10.3. The van der Waals surface area contributed by atoms with Crippen LogP contribution in [0, 0.1) is 0 Å². The van der Waals surface area contributed by atoms with Gasteiger partial charge in [-0.25, -0.2) is 4.79 Å². The van der Waals surface area contributed by atoms with Gasteiger partial charge in [0.25, 0.3) is 10.1 Å². The molecular formula is C6H11NO5S. The minimum atomic E-state index is -3.46. The molecule has 1 aliphatic rings. The van der Waals surface area contributed by atoms with Gasteiger partial charge in [-0.3, -0.25) is 4.18 Å². The molecule has 1 fully saturated rings. The van der Waals surface area contributed by atoms with Gasteiger partial charge in [-0.2, -0.15) is 8.42 Å². The van der Waals surface area contributed by atoms with Crippen molar-refractivity contribution in [3.05, 3.63) is 0 Å². The Balaban J connectivity index is 2.35. The lowest BCUT2D eigenvalue weighted by Gasteiger charge is -2.37. The van der Waals surface area contributed by atoms with Gasteiger partial charge in [0.05, 0.1) is 18.9 Å². The van der Waals surface area contributed by atoms with Crippen molar-refractivity contribution in [2.45, 2.75) is 12.5 Å². The fourth-order valence-corrected chi connectivity index (χ4v) is 1.47. The minimum Gasteiger partial charge on any atom is -0.465 e. The van der Waals surface area contributed by atoms with E-state index in [9.17, 15) is 13.2 Å². The molecule has 1 heterocycles. The van der Waals surface area contributed by atoms with Crippen molar-refractivity contribution in [3.63, 3.8) is 0 Å². The van der Waals surface area contributed by atoms with Crippen molar-refractivity contribution in [2.75, 3.05) is 19.4 Å². The quantitative estimate of drug-likeness (QED) is 0.646. The zero-order chi connectivity index (χ0) is 10.1. The maximum Gasteiger partial charge on any atom is 0.407 e. The SMILES string of the molecule is CS(=O)(=O)OC[C@@H]1CCN1C(=O)O. The largest absolute Gasteiger partial charge is 0.465 e. The summed E-state index contributed by atoms with van der Waals surface area (Å²) >= 11 is 0. The zero-order valence-corrected chi connectivity index (χ0v) is 7.95. The molecule has 13 heavy (non-hydrogen) atoms. The van der Waals surface area contributed by atoms with Gasteiger partial charge in [-0.1, -0.05) is 0 Å². The van der Waals surface area contributed by atoms with Crippen molar-refractivity contribution in [1.82, 2.24) is 4.90 Å². The summed E-state index contributed by atoms with van der Waals surface area (Å²) in [6.45, 7) is 0.373. The highest BCUT2D eigenvalue weighted by Gasteiger charge is 2.32. The molecule has 76 valence electrons. The van der Waals surface area contributed by atoms with E-state index in [2.05, 4.69) is 4.18 Å². The first-order valence-corrected chi connectivity index (χ1v) is 5.56. The second-order valence-corrected chi connectivity index (χ2v) is 4.55. The standard InChI is InChI=1S/C6H11NO5S/c1-13(10,11)12-4-5-2-3-7(5)6(8)9/h5H,2-4H2,1H3,(H,8,9)/t5-/m0/s1. The predicted octanol–water partition coefficient (Wildman–Crippen LogP) is -0.285. The molecule has 0 aromatic heterocycles. The Bertz CT molecular complexity index is 298. The van der Waals surface area contributed by atoms with Crippen molar-refractivity contribution < 1.29 is 22.5 Å². The van der Waals surface area contributed by atoms with Crippen LogP contribution in [0.3, 0.4) is 0 Å². The van der Waals surface area contributed by atoms with Gasteiger partial charge >= 0.3 is 6.09 Å². The molecule has 1 aliphatic heterocycles. The molecule has 0 aromatic carbocycles. The van der Waals surface area contributed by atoms with Gasteiger partial charge in [0.2, 0.25) is 0 Å².